The van der Waals surface area contributed by atoms with Crippen LogP contribution in [0.2, 0.25) is 10.0 Å². The van der Waals surface area contributed by atoms with Crippen LogP contribution in [0.5, 0.6) is 0 Å². The minimum atomic E-state index is -4.09. The molecule has 3 aromatic rings. The predicted octanol–water partition coefficient (Wildman–Crippen LogP) is 4.92. The monoisotopic (exact) mass is 510 g/mol. The van der Waals surface area contributed by atoms with E-state index < -0.39 is 26.6 Å². The highest BCUT2D eigenvalue weighted by Crippen LogP contribution is 2.35. The number of carbonyl (C=O) groups excluding carboxylic acids is 1. The van der Waals surface area contributed by atoms with Crippen molar-refractivity contribution in [1.29, 1.82) is 0 Å². The number of hydrogen-bond donors (Lipinski definition) is 2. The zero-order chi connectivity index (χ0) is 24.9. The van der Waals surface area contributed by atoms with Gasteiger partial charge in [-0.05, 0) is 63.1 Å². The van der Waals surface area contributed by atoms with Crippen molar-refractivity contribution < 1.29 is 23.1 Å². The number of amides is 1. The lowest BCUT2D eigenvalue weighted by Crippen LogP contribution is -2.40. The van der Waals surface area contributed by atoms with Crippen molar-refractivity contribution in [3.05, 3.63) is 63.3 Å². The van der Waals surface area contributed by atoms with Gasteiger partial charge >= 0.3 is 5.97 Å². The molecule has 0 aliphatic heterocycles. The van der Waals surface area contributed by atoms with E-state index >= 15 is 0 Å². The van der Waals surface area contributed by atoms with E-state index in [1.807, 2.05) is 13.0 Å². The van der Waals surface area contributed by atoms with Crippen LogP contribution in [0.25, 0.3) is 10.9 Å². The van der Waals surface area contributed by atoms with Crippen molar-refractivity contribution in [3.8, 4) is 0 Å². The third-order valence-corrected chi connectivity index (χ3v) is 9.25. The summed E-state index contributed by atoms with van der Waals surface area (Å²) in [6.07, 6.45) is 0. The van der Waals surface area contributed by atoms with Crippen LogP contribution in [-0.2, 0) is 21.7 Å². The minimum absolute atomic E-state index is 0.104. The first-order valence-corrected chi connectivity index (χ1v) is 12.3. The molecule has 0 fully saturated rings. The Bertz CT molecular complexity index is 1380. The summed E-state index contributed by atoms with van der Waals surface area (Å²) in [6, 6.07) is 8.89. The van der Waals surface area contributed by atoms with Crippen molar-refractivity contribution in [1.82, 2.24) is 9.88 Å². The average Bonchev–Trinajstić information content (AvgIpc) is 3.08. The number of carboxylic acid groups (broad SMARTS) is 1. The Morgan fingerprint density at radius 2 is 1.67 bits per heavy atom. The number of nitrogens with zero attached hydrogens (tertiary/aromatic N) is 1. The Morgan fingerprint density at radius 3 is 2.21 bits per heavy atom. The maximum atomic E-state index is 13.0. The molecular formula is C23H24Cl2N2O5S. The van der Waals surface area contributed by atoms with Crippen molar-refractivity contribution in [2.45, 2.75) is 43.4 Å². The number of benzene rings is 2. The second-order valence-corrected chi connectivity index (χ2v) is 11.7. The normalized spacial score (nSPS) is 13.2. The predicted molar refractivity (Wildman–Crippen MR) is 129 cm³/mol. The first kappa shape index (κ1) is 25.1. The largest absolute Gasteiger partial charge is 0.480 e. The molecule has 0 unspecified atom stereocenters. The molecule has 2 N–H and O–H groups in total. The molecule has 10 heteroatoms. The number of aliphatic carboxylic acids is 1. The Morgan fingerprint density at radius 1 is 1.09 bits per heavy atom. The zero-order valence-corrected chi connectivity index (χ0v) is 21.1. The van der Waals surface area contributed by atoms with Gasteiger partial charge in [0.1, 0.15) is 5.69 Å². The molecule has 2 aromatic carbocycles. The molecule has 0 saturated heterocycles. The zero-order valence-electron chi connectivity index (χ0n) is 18.7. The number of aryl methyl sites for hydroxylation is 2. The molecule has 7 nitrogen and oxygen atoms in total. The highest BCUT2D eigenvalue weighted by molar-refractivity contribution is 7.93. The fourth-order valence-corrected chi connectivity index (χ4v) is 5.22. The molecule has 1 aromatic heterocycles. The standard InChI is InChI=1S/C23H24Cl2N2O5S/c1-12-10-17-16(20(25)19(12)24)11-18(27(17)5)21(28)26-13(2)14-6-8-15(9-7-14)33(31,32)23(3,4)22(29)30/h6-11,13H,1-5H3,(H,26,28)(H,29,30)/t13-/m1/s1. The van der Waals surface area contributed by atoms with Gasteiger partial charge < -0.3 is 15.0 Å². The Hall–Kier alpha value is -2.55. The molecule has 1 heterocycles. The van der Waals surface area contributed by atoms with Gasteiger partial charge in [-0.15, -0.1) is 0 Å². The number of carboxylic acids is 1. The third kappa shape index (κ3) is 4.23. The topological polar surface area (TPSA) is 105 Å². The van der Waals surface area contributed by atoms with E-state index in [0.29, 0.717) is 26.7 Å². The SMILES string of the molecule is Cc1cc2c(cc(C(=O)N[C@H](C)c3ccc(S(=O)(=O)C(C)(C)C(=O)O)cc3)n2C)c(Cl)c1Cl. The van der Waals surface area contributed by atoms with Crippen LogP contribution >= 0.6 is 23.2 Å². The van der Waals surface area contributed by atoms with Crippen LogP contribution < -0.4 is 5.32 Å². The van der Waals surface area contributed by atoms with Crippen LogP contribution in [0.3, 0.4) is 0 Å². The van der Waals surface area contributed by atoms with Crippen molar-refractivity contribution in [2.75, 3.05) is 0 Å². The summed E-state index contributed by atoms with van der Waals surface area (Å²) in [5, 5.41) is 13.7. The molecular weight excluding hydrogens is 487 g/mol. The van der Waals surface area contributed by atoms with Crippen molar-refractivity contribution >= 4 is 55.8 Å². The lowest BCUT2D eigenvalue weighted by atomic mass is 10.1. The summed E-state index contributed by atoms with van der Waals surface area (Å²) in [7, 11) is -2.33. The number of nitrogens with one attached hydrogen (secondary N) is 1. The van der Waals surface area contributed by atoms with Crippen LogP contribution in [0.4, 0.5) is 0 Å². The molecule has 0 aliphatic carbocycles. The van der Waals surface area contributed by atoms with Gasteiger partial charge in [0.25, 0.3) is 5.91 Å². The molecule has 33 heavy (non-hydrogen) atoms. The molecule has 1 amide bonds. The Labute approximate surface area is 202 Å². The van der Waals surface area contributed by atoms with E-state index in [1.54, 1.807) is 36.7 Å². The van der Waals surface area contributed by atoms with Crippen LogP contribution in [-0.4, -0.2) is 34.7 Å². The maximum Gasteiger partial charge on any atom is 0.324 e. The number of fused-ring (bicyclic) bond motifs is 1. The lowest BCUT2D eigenvalue weighted by Gasteiger charge is -2.20. The molecule has 0 spiro atoms. The molecule has 0 bridgehead atoms. The van der Waals surface area contributed by atoms with Crippen molar-refractivity contribution in [2.24, 2.45) is 7.05 Å². The number of aromatic nitrogens is 1. The summed E-state index contributed by atoms with van der Waals surface area (Å²) >= 11 is 12.6. The van der Waals surface area contributed by atoms with E-state index in [1.165, 1.54) is 12.1 Å². The molecule has 3 rings (SSSR count). The van der Waals surface area contributed by atoms with Crippen LogP contribution in [0.15, 0.2) is 41.3 Å². The van der Waals surface area contributed by atoms with E-state index in [0.717, 1.165) is 24.9 Å². The number of sulfone groups is 1. The third-order valence-electron chi connectivity index (χ3n) is 5.87. The van der Waals surface area contributed by atoms with E-state index in [9.17, 15) is 23.1 Å². The number of rotatable bonds is 6. The van der Waals surface area contributed by atoms with Gasteiger partial charge in [-0.25, -0.2) is 8.42 Å². The smallest absolute Gasteiger partial charge is 0.324 e. The first-order chi connectivity index (χ1) is 15.2. The highest BCUT2D eigenvalue weighted by atomic mass is 35.5. The number of carbonyl (C=O) groups is 2. The Balaban J connectivity index is 1.86. The summed E-state index contributed by atoms with van der Waals surface area (Å²) in [5.41, 5.74) is 2.63. The fraction of sp³-hybridized carbons (Fsp3) is 0.304. The quantitative estimate of drug-likeness (QED) is 0.489. The van der Waals surface area contributed by atoms with E-state index in [-0.39, 0.29) is 10.8 Å². The summed E-state index contributed by atoms with van der Waals surface area (Å²) in [6.45, 7) is 5.89. The number of hydrogen-bond acceptors (Lipinski definition) is 4. The molecule has 176 valence electrons. The van der Waals surface area contributed by atoms with Gasteiger partial charge in [-0.1, -0.05) is 35.3 Å². The van der Waals surface area contributed by atoms with Gasteiger partial charge in [-0.3, -0.25) is 9.59 Å². The second kappa shape index (κ2) is 8.66. The van der Waals surface area contributed by atoms with E-state index in [2.05, 4.69) is 5.32 Å². The van der Waals surface area contributed by atoms with Crippen LogP contribution in [0.1, 0.15) is 48.4 Å². The minimum Gasteiger partial charge on any atom is -0.480 e. The molecule has 0 saturated carbocycles. The summed E-state index contributed by atoms with van der Waals surface area (Å²) in [4.78, 5) is 24.2. The van der Waals surface area contributed by atoms with Gasteiger partial charge in [0.2, 0.25) is 0 Å². The fourth-order valence-electron chi connectivity index (χ4n) is 3.45. The molecule has 1 atom stereocenters. The van der Waals surface area contributed by atoms with Gasteiger partial charge in [0, 0.05) is 12.4 Å². The van der Waals surface area contributed by atoms with Crippen molar-refractivity contribution in [3.63, 3.8) is 0 Å². The first-order valence-electron chi connectivity index (χ1n) is 10.0. The van der Waals surface area contributed by atoms with Crippen LogP contribution in [0, 0.1) is 6.92 Å². The highest BCUT2D eigenvalue weighted by Gasteiger charge is 2.43. The van der Waals surface area contributed by atoms with Gasteiger partial charge in [-0.2, -0.15) is 0 Å². The molecule has 0 aliphatic rings. The Kier molecular flexibility index (Phi) is 6.59. The van der Waals surface area contributed by atoms with Gasteiger partial charge in [0.05, 0.1) is 26.5 Å². The maximum absolute atomic E-state index is 13.0. The average molecular weight is 511 g/mol. The van der Waals surface area contributed by atoms with Gasteiger partial charge in [0.15, 0.2) is 14.6 Å². The summed E-state index contributed by atoms with van der Waals surface area (Å²) < 4.78 is 25.1. The number of halogens is 2. The van der Waals surface area contributed by atoms with E-state index in [4.69, 9.17) is 23.2 Å². The second-order valence-electron chi connectivity index (χ2n) is 8.43. The summed E-state index contributed by atoms with van der Waals surface area (Å²) in [5.74, 6) is -1.77. The molecule has 0 radical (unpaired) electrons. The lowest BCUT2D eigenvalue weighted by molar-refractivity contribution is -0.139.